The van der Waals surface area contributed by atoms with Gasteiger partial charge >= 0.3 is 5.97 Å². The molecule has 0 unspecified atom stereocenters. The van der Waals surface area contributed by atoms with Gasteiger partial charge in [0.2, 0.25) is 0 Å². The number of carboxylic acid groups (broad SMARTS) is 1. The first kappa shape index (κ1) is 23.9. The molecule has 3 aromatic carbocycles. The van der Waals surface area contributed by atoms with Crippen molar-refractivity contribution >= 4 is 27.8 Å². The molecule has 1 aliphatic heterocycles. The molecule has 5 nitrogen and oxygen atoms in total. The van der Waals surface area contributed by atoms with Gasteiger partial charge in [-0.2, -0.15) is 0 Å². The van der Waals surface area contributed by atoms with Crippen molar-refractivity contribution in [3.63, 3.8) is 0 Å². The predicted molar refractivity (Wildman–Crippen MR) is 126 cm³/mol. The van der Waals surface area contributed by atoms with Crippen LogP contribution in [0.2, 0.25) is 0 Å². The number of hydrogen-bond donors (Lipinski definition) is 1. The van der Waals surface area contributed by atoms with E-state index in [-0.39, 0.29) is 23.5 Å². The Morgan fingerprint density at radius 2 is 1.82 bits per heavy atom. The summed E-state index contributed by atoms with van der Waals surface area (Å²) in [6, 6.07) is 15.8. The second kappa shape index (κ2) is 9.54. The van der Waals surface area contributed by atoms with Crippen LogP contribution < -0.4 is 4.74 Å². The molecule has 1 aliphatic rings. The molecule has 0 fully saturated rings. The lowest BCUT2D eigenvalue weighted by Crippen LogP contribution is -2.35. The maximum atomic E-state index is 14.3. The highest BCUT2D eigenvalue weighted by Crippen LogP contribution is 2.38. The lowest BCUT2D eigenvalue weighted by atomic mass is 9.91. The molecule has 8 heteroatoms. The van der Waals surface area contributed by atoms with Gasteiger partial charge in [-0.25, -0.2) is 8.78 Å². The zero-order valence-corrected chi connectivity index (χ0v) is 19.9. The van der Waals surface area contributed by atoms with Crippen molar-refractivity contribution in [3.05, 3.63) is 99.0 Å². The van der Waals surface area contributed by atoms with Crippen LogP contribution in [0.5, 0.6) is 5.75 Å². The SMILES string of the molecule is C[C@]1(Cc2ccccc2F)Cc2cc(C(=O)N(CC(=O)O)Cc3ccc(Br)cc3F)ccc2O1. The molecule has 0 radical (unpaired) electrons. The second-order valence-electron chi connectivity index (χ2n) is 8.61. The molecule has 0 aromatic heterocycles. The largest absolute Gasteiger partial charge is 0.487 e. The quantitative estimate of drug-likeness (QED) is 0.445. The fraction of sp³-hybridized carbons (Fsp3) is 0.231. The Hall–Kier alpha value is -3.26. The summed E-state index contributed by atoms with van der Waals surface area (Å²) < 4.78 is 35.1. The molecule has 0 saturated carbocycles. The van der Waals surface area contributed by atoms with Crippen molar-refractivity contribution in [1.29, 1.82) is 0 Å². The molecular weight excluding hydrogens is 508 g/mol. The summed E-state index contributed by atoms with van der Waals surface area (Å²) in [5.74, 6) is -1.98. The summed E-state index contributed by atoms with van der Waals surface area (Å²) in [7, 11) is 0. The molecule has 1 amide bonds. The van der Waals surface area contributed by atoms with Crippen molar-refractivity contribution in [2.75, 3.05) is 6.54 Å². The molecule has 34 heavy (non-hydrogen) atoms. The third-order valence-electron chi connectivity index (χ3n) is 5.74. The highest BCUT2D eigenvalue weighted by atomic mass is 79.9. The lowest BCUT2D eigenvalue weighted by molar-refractivity contribution is -0.137. The van der Waals surface area contributed by atoms with Gasteiger partial charge in [0.15, 0.2) is 0 Å². The van der Waals surface area contributed by atoms with Crippen LogP contribution in [-0.4, -0.2) is 34.0 Å². The predicted octanol–water partition coefficient (Wildman–Crippen LogP) is 5.39. The first-order valence-electron chi connectivity index (χ1n) is 10.6. The van der Waals surface area contributed by atoms with E-state index in [1.165, 1.54) is 18.2 Å². The molecule has 0 bridgehead atoms. The molecule has 4 rings (SSSR count). The van der Waals surface area contributed by atoms with Crippen LogP contribution in [0.15, 0.2) is 65.1 Å². The summed E-state index contributed by atoms with van der Waals surface area (Å²) in [5.41, 5.74) is 1.11. The summed E-state index contributed by atoms with van der Waals surface area (Å²) in [4.78, 5) is 25.7. The van der Waals surface area contributed by atoms with Gasteiger partial charge < -0.3 is 14.7 Å². The number of amides is 1. The van der Waals surface area contributed by atoms with E-state index in [9.17, 15) is 23.5 Å². The first-order chi connectivity index (χ1) is 16.1. The van der Waals surface area contributed by atoms with E-state index in [1.807, 2.05) is 6.92 Å². The summed E-state index contributed by atoms with van der Waals surface area (Å²) in [6.45, 7) is 1.11. The second-order valence-corrected chi connectivity index (χ2v) is 9.53. The number of benzene rings is 3. The monoisotopic (exact) mass is 529 g/mol. The number of hydrogen-bond acceptors (Lipinski definition) is 3. The number of carboxylic acids is 1. The van der Waals surface area contributed by atoms with Crippen LogP contribution in [0.25, 0.3) is 0 Å². The Kier molecular flexibility index (Phi) is 6.70. The summed E-state index contributed by atoms with van der Waals surface area (Å²) >= 11 is 3.18. The molecule has 1 N–H and O–H groups in total. The summed E-state index contributed by atoms with van der Waals surface area (Å²) in [6.07, 6.45) is 0.809. The fourth-order valence-electron chi connectivity index (χ4n) is 4.20. The minimum absolute atomic E-state index is 0.192. The Morgan fingerprint density at radius 1 is 1.06 bits per heavy atom. The third-order valence-corrected chi connectivity index (χ3v) is 6.23. The number of halogens is 3. The van der Waals surface area contributed by atoms with Gasteiger partial charge in [-0.05, 0) is 54.4 Å². The maximum Gasteiger partial charge on any atom is 0.323 e. The Morgan fingerprint density at radius 3 is 2.53 bits per heavy atom. The van der Waals surface area contributed by atoms with Gasteiger partial charge in [-0.15, -0.1) is 0 Å². The Balaban J connectivity index is 1.55. The van der Waals surface area contributed by atoms with E-state index in [0.29, 0.717) is 28.6 Å². The van der Waals surface area contributed by atoms with Gasteiger partial charge in [0.25, 0.3) is 5.91 Å². The number of rotatable bonds is 7. The zero-order valence-electron chi connectivity index (χ0n) is 18.4. The van der Waals surface area contributed by atoms with E-state index in [4.69, 9.17) is 4.74 Å². The number of nitrogens with zero attached hydrogens (tertiary/aromatic N) is 1. The molecule has 1 atom stereocenters. The third kappa shape index (κ3) is 5.28. The van der Waals surface area contributed by atoms with Gasteiger partial charge in [0.05, 0.1) is 0 Å². The smallest absolute Gasteiger partial charge is 0.323 e. The van der Waals surface area contributed by atoms with Crippen molar-refractivity contribution < 1.29 is 28.2 Å². The van der Waals surface area contributed by atoms with Crippen LogP contribution >= 0.6 is 15.9 Å². The molecule has 0 aliphatic carbocycles. The fourth-order valence-corrected chi connectivity index (χ4v) is 4.53. The lowest BCUT2D eigenvalue weighted by Gasteiger charge is -2.24. The molecular formula is C26H22BrF2NO4. The molecule has 0 saturated heterocycles. The van der Waals surface area contributed by atoms with Crippen LogP contribution in [0.1, 0.15) is 34.0 Å². The first-order valence-corrected chi connectivity index (χ1v) is 11.4. The number of aliphatic carboxylic acids is 1. The number of fused-ring (bicyclic) bond motifs is 1. The van der Waals surface area contributed by atoms with Crippen LogP contribution in [0.4, 0.5) is 8.78 Å². The van der Waals surface area contributed by atoms with E-state index < -0.39 is 29.8 Å². The Bertz CT molecular complexity index is 1270. The maximum absolute atomic E-state index is 14.3. The highest BCUT2D eigenvalue weighted by molar-refractivity contribution is 9.10. The van der Waals surface area contributed by atoms with Crippen molar-refractivity contribution in [3.8, 4) is 5.75 Å². The number of ether oxygens (including phenoxy) is 1. The number of carbonyl (C=O) groups is 2. The Labute approximate surface area is 204 Å². The van der Waals surface area contributed by atoms with Crippen LogP contribution in [-0.2, 0) is 24.2 Å². The average Bonchev–Trinajstić information content (AvgIpc) is 3.11. The van der Waals surface area contributed by atoms with Gasteiger partial charge in [-0.3, -0.25) is 9.59 Å². The van der Waals surface area contributed by atoms with Gasteiger partial charge in [0.1, 0.15) is 29.5 Å². The van der Waals surface area contributed by atoms with Crippen LogP contribution in [0.3, 0.4) is 0 Å². The van der Waals surface area contributed by atoms with Gasteiger partial charge in [0, 0.05) is 35.0 Å². The molecule has 3 aromatic rings. The normalized spacial score (nSPS) is 16.6. The molecule has 1 heterocycles. The van der Waals surface area contributed by atoms with Crippen LogP contribution in [0, 0.1) is 11.6 Å². The van der Waals surface area contributed by atoms with Crippen molar-refractivity contribution in [1.82, 2.24) is 4.90 Å². The number of carbonyl (C=O) groups excluding carboxylic acids is 1. The van der Waals surface area contributed by atoms with E-state index in [2.05, 4.69) is 15.9 Å². The topological polar surface area (TPSA) is 66.8 Å². The molecule has 176 valence electrons. The minimum Gasteiger partial charge on any atom is -0.487 e. The van der Waals surface area contributed by atoms with E-state index in [0.717, 1.165) is 10.5 Å². The van der Waals surface area contributed by atoms with E-state index >= 15 is 0 Å². The van der Waals surface area contributed by atoms with E-state index in [1.54, 1.807) is 42.5 Å². The van der Waals surface area contributed by atoms with Crippen molar-refractivity contribution in [2.24, 2.45) is 0 Å². The minimum atomic E-state index is -1.20. The molecule has 0 spiro atoms. The standard InChI is InChI=1S/C26H22BrF2NO4/c1-26(12-17-4-2-3-5-21(17)28)13-19-10-16(7-9-23(19)34-26)25(33)30(15-24(31)32)14-18-6-8-20(27)11-22(18)29/h2-11H,12-15H2,1H3,(H,31,32)/t26-/m0/s1. The average molecular weight is 530 g/mol. The zero-order chi connectivity index (χ0) is 24.5. The van der Waals surface area contributed by atoms with Crippen molar-refractivity contribution in [2.45, 2.75) is 31.9 Å². The summed E-state index contributed by atoms with van der Waals surface area (Å²) in [5, 5.41) is 9.31. The highest BCUT2D eigenvalue weighted by Gasteiger charge is 2.36. The van der Waals surface area contributed by atoms with Gasteiger partial charge in [-0.1, -0.05) is 40.2 Å².